The third-order valence-electron chi connectivity index (χ3n) is 2.40. The van der Waals surface area contributed by atoms with Crippen molar-refractivity contribution in [2.45, 2.75) is 13.3 Å². The van der Waals surface area contributed by atoms with Crippen LogP contribution in [0.3, 0.4) is 0 Å². The summed E-state index contributed by atoms with van der Waals surface area (Å²) in [6.45, 7) is 1.69. The topological polar surface area (TPSA) is 88.2 Å². The van der Waals surface area contributed by atoms with Crippen molar-refractivity contribution in [3.63, 3.8) is 0 Å². The summed E-state index contributed by atoms with van der Waals surface area (Å²) in [5, 5.41) is 11.3. The second kappa shape index (κ2) is 6.50. The molecule has 0 aliphatic heterocycles. The van der Waals surface area contributed by atoms with Gasteiger partial charge in [-0.3, -0.25) is 4.79 Å². The number of hydrogen-bond donors (Lipinski definition) is 2. The number of aliphatic hydroxyl groups excluding tert-OH is 1. The van der Waals surface area contributed by atoms with Crippen molar-refractivity contribution < 1.29 is 14.3 Å². The van der Waals surface area contributed by atoms with Gasteiger partial charge < -0.3 is 14.8 Å². The van der Waals surface area contributed by atoms with E-state index in [2.05, 4.69) is 27.1 Å². The highest BCUT2D eigenvalue weighted by Crippen LogP contribution is 2.10. The molecular weight excluding hydrogens is 258 g/mol. The fourth-order valence-corrected chi connectivity index (χ4v) is 1.48. The van der Waals surface area contributed by atoms with E-state index in [9.17, 15) is 4.79 Å². The first kappa shape index (κ1) is 13.8. The maximum atomic E-state index is 11.9. The van der Waals surface area contributed by atoms with Gasteiger partial charge in [0, 0.05) is 6.42 Å². The summed E-state index contributed by atoms with van der Waals surface area (Å²) < 4.78 is 5.00. The third-order valence-corrected chi connectivity index (χ3v) is 2.40. The predicted octanol–water partition coefficient (Wildman–Crippen LogP) is 1.36. The number of aliphatic hydroxyl groups is 1. The Morgan fingerprint density at radius 2 is 2.35 bits per heavy atom. The molecule has 1 amide bonds. The minimum Gasteiger partial charge on any atom is -0.438 e. The van der Waals surface area contributed by atoms with Gasteiger partial charge in [0.1, 0.15) is 11.5 Å². The van der Waals surface area contributed by atoms with Gasteiger partial charge in [-0.1, -0.05) is 12.0 Å². The fourth-order valence-electron chi connectivity index (χ4n) is 1.48. The molecule has 0 aromatic carbocycles. The maximum absolute atomic E-state index is 11.9. The highest BCUT2D eigenvalue weighted by atomic mass is 16.3. The number of nitrogens with one attached hydrogen (secondary N) is 1. The van der Waals surface area contributed by atoms with Gasteiger partial charge in [-0.2, -0.15) is 0 Å². The van der Waals surface area contributed by atoms with Crippen LogP contribution in [-0.4, -0.2) is 27.6 Å². The molecule has 2 rings (SSSR count). The van der Waals surface area contributed by atoms with Gasteiger partial charge >= 0.3 is 0 Å². The van der Waals surface area contributed by atoms with Crippen LogP contribution in [0.15, 0.2) is 29.0 Å². The number of carbonyl (C=O) groups excluding carboxylic acids is 1. The molecule has 0 unspecified atom stereocenters. The molecule has 20 heavy (non-hydrogen) atoms. The smallest absolute Gasteiger partial charge is 0.294 e. The molecule has 0 radical (unpaired) electrons. The van der Waals surface area contributed by atoms with Gasteiger partial charge in [0.15, 0.2) is 6.39 Å². The van der Waals surface area contributed by atoms with E-state index in [0.29, 0.717) is 23.6 Å². The van der Waals surface area contributed by atoms with Gasteiger partial charge in [0.05, 0.1) is 12.3 Å². The highest BCUT2D eigenvalue weighted by Gasteiger charge is 2.14. The molecule has 0 spiro atoms. The second-order valence-corrected chi connectivity index (χ2v) is 3.90. The molecule has 6 nitrogen and oxygen atoms in total. The number of anilines is 1. The van der Waals surface area contributed by atoms with Crippen LogP contribution >= 0.6 is 0 Å². The van der Waals surface area contributed by atoms with Gasteiger partial charge in [-0.05, 0) is 25.0 Å². The van der Waals surface area contributed by atoms with Crippen molar-refractivity contribution in [3.05, 3.63) is 41.7 Å². The second-order valence-electron chi connectivity index (χ2n) is 3.90. The number of carbonyl (C=O) groups is 1. The molecule has 0 fully saturated rings. The lowest BCUT2D eigenvalue weighted by atomic mass is 10.3. The number of oxazole rings is 1. The van der Waals surface area contributed by atoms with E-state index >= 15 is 0 Å². The molecular formula is C14H13N3O3. The van der Waals surface area contributed by atoms with Crippen LogP contribution in [0, 0.1) is 18.8 Å². The lowest BCUT2D eigenvalue weighted by molar-refractivity contribution is 0.0995. The Balaban J connectivity index is 2.11. The van der Waals surface area contributed by atoms with Crippen molar-refractivity contribution in [1.82, 2.24) is 9.97 Å². The number of rotatable bonds is 3. The molecule has 2 N–H and O–H groups in total. The zero-order valence-corrected chi connectivity index (χ0v) is 10.9. The number of hydrogen-bond acceptors (Lipinski definition) is 5. The molecule has 6 heteroatoms. The van der Waals surface area contributed by atoms with Gasteiger partial charge in [-0.15, -0.1) is 0 Å². The van der Waals surface area contributed by atoms with E-state index in [0.717, 1.165) is 0 Å². The van der Waals surface area contributed by atoms with E-state index in [-0.39, 0.29) is 12.4 Å². The van der Waals surface area contributed by atoms with Crippen LogP contribution in [0.4, 0.5) is 5.82 Å². The summed E-state index contributed by atoms with van der Waals surface area (Å²) in [4.78, 5) is 19.9. The summed E-state index contributed by atoms with van der Waals surface area (Å²) >= 11 is 0. The first-order valence-corrected chi connectivity index (χ1v) is 5.99. The SMILES string of the molecule is Cc1ncoc1C(=O)Nc1cccc(C#CCCO)n1. The first-order valence-electron chi connectivity index (χ1n) is 5.99. The average Bonchev–Trinajstić information content (AvgIpc) is 2.86. The van der Waals surface area contributed by atoms with Crippen LogP contribution in [0.2, 0.25) is 0 Å². The average molecular weight is 271 g/mol. The number of amides is 1. The van der Waals surface area contributed by atoms with Crippen molar-refractivity contribution in [2.75, 3.05) is 11.9 Å². The van der Waals surface area contributed by atoms with Crippen molar-refractivity contribution in [2.24, 2.45) is 0 Å². The van der Waals surface area contributed by atoms with Crippen LogP contribution in [0.5, 0.6) is 0 Å². The number of pyridine rings is 1. The van der Waals surface area contributed by atoms with Gasteiger partial charge in [0.25, 0.3) is 5.91 Å². The summed E-state index contributed by atoms with van der Waals surface area (Å²) in [5.74, 6) is 5.69. The monoisotopic (exact) mass is 271 g/mol. The summed E-state index contributed by atoms with van der Waals surface area (Å²) in [6, 6.07) is 5.11. The standard InChI is InChI=1S/C14H13N3O3/c1-10-13(20-9-15-10)14(19)17-12-7-4-6-11(16-12)5-2-3-8-18/h4,6-7,9,18H,3,8H2,1H3,(H,16,17,19). The van der Waals surface area contributed by atoms with Crippen LogP contribution < -0.4 is 5.32 Å². The van der Waals surface area contributed by atoms with E-state index < -0.39 is 5.91 Å². The van der Waals surface area contributed by atoms with E-state index in [4.69, 9.17) is 9.52 Å². The van der Waals surface area contributed by atoms with Crippen molar-refractivity contribution in [1.29, 1.82) is 0 Å². The van der Waals surface area contributed by atoms with E-state index in [1.807, 2.05) is 0 Å². The third kappa shape index (κ3) is 3.43. The molecule has 2 aromatic heterocycles. The van der Waals surface area contributed by atoms with E-state index in [1.54, 1.807) is 25.1 Å². The quantitative estimate of drug-likeness (QED) is 0.823. The number of nitrogens with zero attached hydrogens (tertiary/aromatic N) is 2. The Hall–Kier alpha value is -2.65. The van der Waals surface area contributed by atoms with Crippen LogP contribution in [0.1, 0.15) is 28.4 Å². The summed E-state index contributed by atoms with van der Waals surface area (Å²) in [6.07, 6.45) is 1.60. The fraction of sp³-hybridized carbons (Fsp3) is 0.214. The molecule has 0 aliphatic carbocycles. The molecule has 0 aliphatic rings. The molecule has 0 bridgehead atoms. The van der Waals surface area contributed by atoms with E-state index in [1.165, 1.54) is 6.39 Å². The largest absolute Gasteiger partial charge is 0.438 e. The number of aryl methyl sites for hydroxylation is 1. The minimum atomic E-state index is -0.409. The molecule has 2 heterocycles. The molecule has 102 valence electrons. The Bertz CT molecular complexity index is 668. The Morgan fingerprint density at radius 1 is 1.50 bits per heavy atom. The zero-order chi connectivity index (χ0) is 14.4. The lowest BCUT2D eigenvalue weighted by Crippen LogP contribution is -2.13. The lowest BCUT2D eigenvalue weighted by Gasteiger charge is -2.02. The van der Waals surface area contributed by atoms with Gasteiger partial charge in [0.2, 0.25) is 5.76 Å². The summed E-state index contributed by atoms with van der Waals surface area (Å²) in [5.41, 5.74) is 1.03. The van der Waals surface area contributed by atoms with Crippen LogP contribution in [0.25, 0.3) is 0 Å². The molecule has 0 atom stereocenters. The highest BCUT2D eigenvalue weighted by molar-refractivity contribution is 6.02. The Labute approximate surface area is 115 Å². The minimum absolute atomic E-state index is 0.00813. The Morgan fingerprint density at radius 3 is 3.05 bits per heavy atom. The zero-order valence-electron chi connectivity index (χ0n) is 10.9. The maximum Gasteiger partial charge on any atom is 0.294 e. The predicted molar refractivity (Wildman–Crippen MR) is 72.0 cm³/mol. The van der Waals surface area contributed by atoms with Crippen molar-refractivity contribution >= 4 is 11.7 Å². The normalized spacial score (nSPS) is 9.70. The first-order chi connectivity index (χ1) is 9.70. The summed E-state index contributed by atoms with van der Waals surface area (Å²) in [7, 11) is 0. The Kier molecular flexibility index (Phi) is 4.47. The van der Waals surface area contributed by atoms with Crippen LogP contribution in [-0.2, 0) is 0 Å². The molecule has 2 aromatic rings. The molecule has 0 saturated heterocycles. The van der Waals surface area contributed by atoms with Gasteiger partial charge in [-0.25, -0.2) is 9.97 Å². The van der Waals surface area contributed by atoms with Crippen molar-refractivity contribution in [3.8, 4) is 11.8 Å². The number of aromatic nitrogens is 2. The molecule has 0 saturated carbocycles.